The van der Waals surface area contributed by atoms with E-state index in [1.807, 2.05) is 0 Å². The molecule has 3 rings (SSSR count). The van der Waals surface area contributed by atoms with Gasteiger partial charge in [0.1, 0.15) is 5.75 Å². The fourth-order valence-corrected chi connectivity index (χ4v) is 3.01. The number of nitrogens with one attached hydrogen (secondary N) is 2. The predicted octanol–water partition coefficient (Wildman–Crippen LogP) is 3.18. The lowest BCUT2D eigenvalue weighted by Crippen LogP contribution is -2.37. The summed E-state index contributed by atoms with van der Waals surface area (Å²) in [6, 6.07) is 3.07. The molecule has 1 aromatic carbocycles. The van der Waals surface area contributed by atoms with E-state index < -0.39 is 6.61 Å². The lowest BCUT2D eigenvalue weighted by molar-refractivity contribution is -0.0505. The number of guanidine groups is 1. The molecule has 2 N–H and O–H groups in total. The molecule has 2 aliphatic rings. The standard InChI is InChI=1S/C18H23F2N3O3/c1-21-18(22-7-6-12-4-2-3-5-12)23-10-13-8-15-16(25-11-24-15)9-14(13)26-17(19)20/h4,8-9,17H,2-3,5-7,10-11H2,1H3,(H2,21,22,23). The van der Waals surface area contributed by atoms with Crippen LogP contribution in [0.5, 0.6) is 17.2 Å². The van der Waals surface area contributed by atoms with Gasteiger partial charge in [-0.15, -0.1) is 0 Å². The number of fused-ring (bicyclic) bond motifs is 1. The maximum atomic E-state index is 12.7. The minimum absolute atomic E-state index is 0.0586. The minimum atomic E-state index is -2.91. The number of aliphatic imine (C=N–C) groups is 1. The van der Waals surface area contributed by atoms with Crippen molar-refractivity contribution in [2.45, 2.75) is 38.8 Å². The minimum Gasteiger partial charge on any atom is -0.454 e. The van der Waals surface area contributed by atoms with Gasteiger partial charge in [0, 0.05) is 31.8 Å². The third kappa shape index (κ3) is 4.77. The van der Waals surface area contributed by atoms with Crippen LogP contribution < -0.4 is 24.8 Å². The second kappa shape index (κ2) is 8.73. The highest BCUT2D eigenvalue weighted by Crippen LogP contribution is 2.38. The maximum absolute atomic E-state index is 12.7. The lowest BCUT2D eigenvalue weighted by Gasteiger charge is -2.15. The van der Waals surface area contributed by atoms with Crippen molar-refractivity contribution in [2.75, 3.05) is 20.4 Å². The summed E-state index contributed by atoms with van der Waals surface area (Å²) in [6.07, 6.45) is 6.83. The van der Waals surface area contributed by atoms with Crippen molar-refractivity contribution < 1.29 is 23.0 Å². The molecule has 26 heavy (non-hydrogen) atoms. The Morgan fingerprint density at radius 2 is 2.08 bits per heavy atom. The van der Waals surface area contributed by atoms with E-state index in [4.69, 9.17) is 9.47 Å². The first-order chi connectivity index (χ1) is 12.7. The molecule has 8 heteroatoms. The lowest BCUT2D eigenvalue weighted by atomic mass is 10.1. The molecule has 1 aliphatic carbocycles. The average molecular weight is 367 g/mol. The van der Waals surface area contributed by atoms with Crippen molar-refractivity contribution in [1.29, 1.82) is 0 Å². The second-order valence-electron chi connectivity index (χ2n) is 6.05. The molecule has 0 aromatic heterocycles. The van der Waals surface area contributed by atoms with Crippen LogP contribution in [0.15, 0.2) is 28.8 Å². The number of alkyl halides is 2. The number of allylic oxidation sites excluding steroid dienone is 1. The number of hydrogen-bond acceptors (Lipinski definition) is 4. The van der Waals surface area contributed by atoms with Crippen molar-refractivity contribution in [2.24, 2.45) is 4.99 Å². The molecular weight excluding hydrogens is 344 g/mol. The average Bonchev–Trinajstić information content (AvgIpc) is 3.28. The van der Waals surface area contributed by atoms with Crippen LogP contribution >= 0.6 is 0 Å². The fraction of sp³-hybridized carbons (Fsp3) is 0.500. The molecule has 0 amide bonds. The topological polar surface area (TPSA) is 64.1 Å². The van der Waals surface area contributed by atoms with E-state index in [2.05, 4.69) is 26.4 Å². The van der Waals surface area contributed by atoms with Crippen LogP contribution in [0.4, 0.5) is 8.78 Å². The van der Waals surface area contributed by atoms with E-state index in [-0.39, 0.29) is 19.1 Å². The molecule has 0 radical (unpaired) electrons. The first-order valence-corrected chi connectivity index (χ1v) is 8.65. The largest absolute Gasteiger partial charge is 0.454 e. The Balaban J connectivity index is 1.58. The highest BCUT2D eigenvalue weighted by atomic mass is 19.3. The van der Waals surface area contributed by atoms with Gasteiger partial charge in [0.2, 0.25) is 6.79 Å². The van der Waals surface area contributed by atoms with E-state index in [0.717, 1.165) is 13.0 Å². The zero-order chi connectivity index (χ0) is 18.4. The third-order valence-corrected chi connectivity index (χ3v) is 4.32. The second-order valence-corrected chi connectivity index (χ2v) is 6.05. The van der Waals surface area contributed by atoms with Crippen LogP contribution in [0, 0.1) is 0 Å². The summed E-state index contributed by atoms with van der Waals surface area (Å²) in [5.41, 5.74) is 2.01. The van der Waals surface area contributed by atoms with Gasteiger partial charge in [-0.25, -0.2) is 0 Å². The number of hydrogen-bond donors (Lipinski definition) is 2. The molecule has 1 aromatic rings. The van der Waals surface area contributed by atoms with Gasteiger partial charge in [-0.3, -0.25) is 4.99 Å². The van der Waals surface area contributed by atoms with E-state index in [1.165, 1.54) is 30.9 Å². The van der Waals surface area contributed by atoms with Crippen molar-refractivity contribution in [3.8, 4) is 17.2 Å². The Hall–Kier alpha value is -2.51. The zero-order valence-corrected chi connectivity index (χ0v) is 14.7. The quantitative estimate of drug-likeness (QED) is 0.440. The Kier molecular flexibility index (Phi) is 6.14. The fourth-order valence-electron chi connectivity index (χ4n) is 3.01. The molecule has 1 aliphatic heterocycles. The van der Waals surface area contributed by atoms with Crippen molar-refractivity contribution in [3.63, 3.8) is 0 Å². The van der Waals surface area contributed by atoms with Crippen LogP contribution in [-0.2, 0) is 6.54 Å². The van der Waals surface area contributed by atoms with Gasteiger partial charge in [0.25, 0.3) is 0 Å². The van der Waals surface area contributed by atoms with Crippen molar-refractivity contribution >= 4 is 5.96 Å². The number of benzene rings is 1. The molecule has 0 fully saturated rings. The molecule has 0 spiro atoms. The molecule has 142 valence electrons. The summed E-state index contributed by atoms with van der Waals surface area (Å²) in [5, 5.41) is 6.35. The maximum Gasteiger partial charge on any atom is 0.387 e. The highest BCUT2D eigenvalue weighted by molar-refractivity contribution is 5.79. The molecule has 0 saturated heterocycles. The highest BCUT2D eigenvalue weighted by Gasteiger charge is 2.20. The third-order valence-electron chi connectivity index (χ3n) is 4.32. The van der Waals surface area contributed by atoms with E-state index in [0.29, 0.717) is 23.0 Å². The van der Waals surface area contributed by atoms with Gasteiger partial charge in [0.05, 0.1) is 0 Å². The predicted molar refractivity (Wildman–Crippen MR) is 93.9 cm³/mol. The number of nitrogens with zero attached hydrogens (tertiary/aromatic N) is 1. The Morgan fingerprint density at radius 1 is 1.27 bits per heavy atom. The van der Waals surface area contributed by atoms with Crippen LogP contribution in [-0.4, -0.2) is 33.0 Å². The number of rotatable bonds is 7. The molecule has 0 saturated carbocycles. The zero-order valence-electron chi connectivity index (χ0n) is 14.7. The van der Waals surface area contributed by atoms with Crippen molar-refractivity contribution in [1.82, 2.24) is 10.6 Å². The molecule has 0 bridgehead atoms. The van der Waals surface area contributed by atoms with Crippen LogP contribution in [0.25, 0.3) is 0 Å². The van der Waals surface area contributed by atoms with Gasteiger partial charge in [-0.2, -0.15) is 8.78 Å². The monoisotopic (exact) mass is 367 g/mol. The summed E-state index contributed by atoms with van der Waals surface area (Å²) in [6.45, 7) is -1.81. The van der Waals surface area contributed by atoms with Crippen LogP contribution in [0.2, 0.25) is 0 Å². The van der Waals surface area contributed by atoms with Gasteiger partial charge in [-0.1, -0.05) is 11.6 Å². The SMILES string of the molecule is CN=C(NCCC1=CCCC1)NCc1cc2c(cc1OC(F)F)OCO2. The Labute approximate surface area is 151 Å². The summed E-state index contributed by atoms with van der Waals surface area (Å²) >= 11 is 0. The molecule has 6 nitrogen and oxygen atoms in total. The van der Waals surface area contributed by atoms with Crippen LogP contribution in [0.3, 0.4) is 0 Å². The van der Waals surface area contributed by atoms with Gasteiger partial charge in [-0.05, 0) is 31.7 Å². The molecule has 1 heterocycles. The molecule has 0 atom stereocenters. The van der Waals surface area contributed by atoms with Gasteiger partial charge in [0.15, 0.2) is 17.5 Å². The van der Waals surface area contributed by atoms with Crippen molar-refractivity contribution in [3.05, 3.63) is 29.3 Å². The number of ether oxygens (including phenoxy) is 3. The Morgan fingerprint density at radius 3 is 2.77 bits per heavy atom. The van der Waals surface area contributed by atoms with E-state index in [1.54, 1.807) is 13.1 Å². The summed E-state index contributed by atoms with van der Waals surface area (Å²) in [4.78, 5) is 4.16. The molecular formula is C18H23F2N3O3. The van der Waals surface area contributed by atoms with Gasteiger partial charge < -0.3 is 24.8 Å². The summed E-state index contributed by atoms with van der Waals surface area (Å²) in [5.74, 6) is 1.57. The smallest absolute Gasteiger partial charge is 0.387 e. The van der Waals surface area contributed by atoms with E-state index in [9.17, 15) is 8.78 Å². The number of halogens is 2. The normalized spacial score (nSPS) is 16.0. The van der Waals surface area contributed by atoms with E-state index >= 15 is 0 Å². The first-order valence-electron chi connectivity index (χ1n) is 8.65. The van der Waals surface area contributed by atoms with Gasteiger partial charge >= 0.3 is 6.61 Å². The van der Waals surface area contributed by atoms with Crippen LogP contribution in [0.1, 0.15) is 31.2 Å². The molecule has 0 unspecified atom stereocenters. The summed E-state index contributed by atoms with van der Waals surface area (Å²) < 4.78 is 40.5. The Bertz CT molecular complexity index is 693. The summed E-state index contributed by atoms with van der Waals surface area (Å²) in [7, 11) is 1.67. The first kappa shape index (κ1) is 18.3.